The number of para-hydroxylation sites is 2. The molecule has 0 bridgehead atoms. The number of phenolic OH excluding ortho intramolecular Hbond substituents is 1. The molecule has 0 fully saturated rings. The van der Waals surface area contributed by atoms with Crippen molar-refractivity contribution >= 4 is 23.6 Å². The number of nitrogens with zero attached hydrogens (tertiary/aromatic N) is 1. The quantitative estimate of drug-likeness (QED) is 0.274. The van der Waals surface area contributed by atoms with Crippen molar-refractivity contribution in [2.45, 2.75) is 106 Å². The molecule has 0 spiro atoms. The second-order valence-corrected chi connectivity index (χ2v) is 12.7. The minimum Gasteiger partial charge on any atom is -0.508 e. The fourth-order valence-electron chi connectivity index (χ4n) is 4.76. The predicted octanol–water partition coefficient (Wildman–Crippen LogP) is 6.89. The maximum absolute atomic E-state index is 14.5. The summed E-state index contributed by atoms with van der Waals surface area (Å²) in [4.78, 5) is 43.1. The molecular formula is C33H49N3O5. The van der Waals surface area contributed by atoms with E-state index in [9.17, 15) is 19.5 Å². The summed E-state index contributed by atoms with van der Waals surface area (Å²) < 4.78 is 5.46. The molecule has 2 aromatic carbocycles. The maximum Gasteiger partial charge on any atom is 0.408 e. The van der Waals surface area contributed by atoms with Crippen LogP contribution in [0.2, 0.25) is 0 Å². The van der Waals surface area contributed by atoms with Gasteiger partial charge < -0.3 is 25.4 Å². The van der Waals surface area contributed by atoms with Gasteiger partial charge in [-0.05, 0) is 83.4 Å². The average Bonchev–Trinajstić information content (AvgIpc) is 2.85. The lowest BCUT2D eigenvalue weighted by Crippen LogP contribution is -2.56. The van der Waals surface area contributed by atoms with E-state index in [1.54, 1.807) is 39.0 Å². The Labute approximate surface area is 245 Å². The molecule has 0 aromatic heterocycles. The molecular weight excluding hydrogens is 518 g/mol. The first-order chi connectivity index (χ1) is 19.0. The number of anilines is 1. The number of rotatable bonds is 11. The number of amides is 3. The van der Waals surface area contributed by atoms with Gasteiger partial charge in [-0.1, -0.05) is 64.1 Å². The Morgan fingerprint density at radius 1 is 0.902 bits per heavy atom. The molecule has 0 radical (unpaired) electrons. The Bertz CT molecular complexity index is 1180. The van der Waals surface area contributed by atoms with E-state index in [1.807, 2.05) is 52.8 Å². The molecule has 0 saturated carbocycles. The SMILES string of the molecule is Cc1cccc(C)c1NC(=O)C(c1ccccc1O)N(C(=O)C(NC(=O)OC(C)(C)C)C(C)C)C(C)CCC(C)C. The van der Waals surface area contributed by atoms with Gasteiger partial charge in [0, 0.05) is 17.3 Å². The third kappa shape index (κ3) is 9.51. The molecule has 2 rings (SSSR count). The highest BCUT2D eigenvalue weighted by Gasteiger charge is 2.41. The Morgan fingerprint density at radius 2 is 1.49 bits per heavy atom. The summed E-state index contributed by atoms with van der Waals surface area (Å²) in [7, 11) is 0. The van der Waals surface area contributed by atoms with E-state index in [2.05, 4.69) is 24.5 Å². The lowest BCUT2D eigenvalue weighted by Gasteiger charge is -2.39. The molecule has 3 N–H and O–H groups in total. The van der Waals surface area contributed by atoms with Crippen LogP contribution in [0.3, 0.4) is 0 Å². The third-order valence-corrected chi connectivity index (χ3v) is 6.98. The number of aromatic hydroxyl groups is 1. The van der Waals surface area contributed by atoms with Crippen molar-refractivity contribution in [2.75, 3.05) is 5.32 Å². The smallest absolute Gasteiger partial charge is 0.408 e. The average molecular weight is 568 g/mol. The van der Waals surface area contributed by atoms with Crippen LogP contribution in [0.1, 0.15) is 91.0 Å². The zero-order valence-electron chi connectivity index (χ0n) is 26.4. The van der Waals surface area contributed by atoms with Gasteiger partial charge in [0.25, 0.3) is 5.91 Å². The number of aryl methyl sites for hydroxylation is 2. The first-order valence-corrected chi connectivity index (χ1v) is 14.5. The van der Waals surface area contributed by atoms with Gasteiger partial charge >= 0.3 is 6.09 Å². The molecule has 2 aromatic rings. The van der Waals surface area contributed by atoms with Crippen LogP contribution in [0, 0.1) is 25.7 Å². The third-order valence-electron chi connectivity index (χ3n) is 6.98. The molecule has 3 amide bonds. The Kier molecular flexibility index (Phi) is 11.8. The molecule has 0 aliphatic carbocycles. The van der Waals surface area contributed by atoms with Crippen LogP contribution in [-0.2, 0) is 14.3 Å². The highest BCUT2D eigenvalue weighted by molar-refractivity contribution is 6.00. The maximum atomic E-state index is 14.5. The van der Waals surface area contributed by atoms with Gasteiger partial charge in [-0.3, -0.25) is 9.59 Å². The van der Waals surface area contributed by atoms with Gasteiger partial charge in [-0.15, -0.1) is 0 Å². The lowest BCUT2D eigenvalue weighted by molar-refractivity contribution is -0.144. The van der Waals surface area contributed by atoms with Crippen molar-refractivity contribution in [1.29, 1.82) is 0 Å². The molecule has 0 saturated heterocycles. The summed E-state index contributed by atoms with van der Waals surface area (Å²) in [5, 5.41) is 16.7. The second kappa shape index (κ2) is 14.4. The number of alkyl carbamates (subject to hydrolysis) is 1. The van der Waals surface area contributed by atoms with E-state index in [0.29, 0.717) is 23.6 Å². The zero-order chi connectivity index (χ0) is 31.1. The highest BCUT2D eigenvalue weighted by atomic mass is 16.6. The highest BCUT2D eigenvalue weighted by Crippen LogP contribution is 2.34. The number of phenols is 1. The van der Waals surface area contributed by atoms with Crippen molar-refractivity contribution in [3.8, 4) is 5.75 Å². The van der Waals surface area contributed by atoms with Crippen LogP contribution < -0.4 is 10.6 Å². The van der Waals surface area contributed by atoms with Gasteiger partial charge in [0.2, 0.25) is 5.91 Å². The first kappa shape index (κ1) is 33.7. The van der Waals surface area contributed by atoms with Gasteiger partial charge in [-0.2, -0.15) is 0 Å². The van der Waals surface area contributed by atoms with E-state index >= 15 is 0 Å². The molecule has 0 aliphatic heterocycles. The summed E-state index contributed by atoms with van der Waals surface area (Å²) in [5.74, 6) is -0.895. The number of hydrogen-bond donors (Lipinski definition) is 3. The Balaban J connectivity index is 2.67. The van der Waals surface area contributed by atoms with E-state index in [0.717, 1.165) is 17.5 Å². The van der Waals surface area contributed by atoms with Gasteiger partial charge in [0.15, 0.2) is 0 Å². The normalized spacial score (nSPS) is 13.9. The number of hydrogen-bond acceptors (Lipinski definition) is 5. The number of ether oxygens (including phenoxy) is 1. The number of nitrogens with one attached hydrogen (secondary N) is 2. The van der Waals surface area contributed by atoms with Crippen LogP contribution >= 0.6 is 0 Å². The number of carbonyl (C=O) groups excluding carboxylic acids is 3. The van der Waals surface area contributed by atoms with Crippen molar-refractivity contribution in [2.24, 2.45) is 11.8 Å². The molecule has 3 atom stereocenters. The van der Waals surface area contributed by atoms with Crippen LogP contribution in [-0.4, -0.2) is 45.6 Å². The van der Waals surface area contributed by atoms with Crippen molar-refractivity contribution in [1.82, 2.24) is 10.2 Å². The molecule has 8 heteroatoms. The van der Waals surface area contributed by atoms with Crippen LogP contribution in [0.4, 0.5) is 10.5 Å². The summed E-state index contributed by atoms with van der Waals surface area (Å²) in [5.41, 5.74) is 1.98. The fraction of sp³-hybridized carbons (Fsp3) is 0.545. The Morgan fingerprint density at radius 3 is 2.00 bits per heavy atom. The van der Waals surface area contributed by atoms with E-state index < -0.39 is 35.6 Å². The standard InChI is InChI=1S/C33H49N3O5/c1-20(2)18-19-24(7)36(31(39)27(21(3)4)35-32(40)41-33(8,9)10)29(25-16-11-12-17-26(25)37)30(38)34-28-22(5)14-13-15-23(28)6/h11-17,20-21,24,27,29,37H,18-19H2,1-10H3,(H,34,38)(H,35,40). The van der Waals surface area contributed by atoms with Crippen molar-refractivity contribution < 1.29 is 24.2 Å². The van der Waals surface area contributed by atoms with E-state index in [1.165, 1.54) is 11.0 Å². The molecule has 0 heterocycles. The topological polar surface area (TPSA) is 108 Å². The fourth-order valence-corrected chi connectivity index (χ4v) is 4.76. The van der Waals surface area contributed by atoms with Crippen LogP contribution in [0.25, 0.3) is 0 Å². The largest absolute Gasteiger partial charge is 0.508 e. The van der Waals surface area contributed by atoms with Gasteiger partial charge in [-0.25, -0.2) is 4.79 Å². The summed E-state index contributed by atoms with van der Waals surface area (Å²) in [6, 6.07) is 9.79. The van der Waals surface area contributed by atoms with E-state index in [-0.39, 0.29) is 17.7 Å². The minimum atomic E-state index is -1.16. The molecule has 8 nitrogen and oxygen atoms in total. The van der Waals surface area contributed by atoms with E-state index in [4.69, 9.17) is 4.74 Å². The molecule has 41 heavy (non-hydrogen) atoms. The summed E-state index contributed by atoms with van der Waals surface area (Å²) >= 11 is 0. The summed E-state index contributed by atoms with van der Waals surface area (Å²) in [6.07, 6.45) is 0.739. The number of carbonyl (C=O) groups is 3. The van der Waals surface area contributed by atoms with Crippen LogP contribution in [0.15, 0.2) is 42.5 Å². The monoisotopic (exact) mass is 567 g/mol. The molecule has 0 aliphatic rings. The molecule has 3 unspecified atom stereocenters. The lowest BCUT2D eigenvalue weighted by atomic mass is 9.94. The first-order valence-electron chi connectivity index (χ1n) is 14.5. The predicted molar refractivity (Wildman–Crippen MR) is 164 cm³/mol. The minimum absolute atomic E-state index is 0.0933. The van der Waals surface area contributed by atoms with Crippen molar-refractivity contribution in [3.05, 3.63) is 59.2 Å². The molecule has 226 valence electrons. The summed E-state index contributed by atoms with van der Waals surface area (Å²) in [6.45, 7) is 18.9. The second-order valence-electron chi connectivity index (χ2n) is 12.7. The van der Waals surface area contributed by atoms with Gasteiger partial charge in [0.1, 0.15) is 23.4 Å². The Hall–Kier alpha value is -3.55. The van der Waals surface area contributed by atoms with Crippen molar-refractivity contribution in [3.63, 3.8) is 0 Å². The number of benzene rings is 2. The van der Waals surface area contributed by atoms with Crippen LogP contribution in [0.5, 0.6) is 5.75 Å². The zero-order valence-corrected chi connectivity index (χ0v) is 26.4. The van der Waals surface area contributed by atoms with Gasteiger partial charge in [0.05, 0.1) is 0 Å².